The molecular formula is C16H26N2O2. The second kappa shape index (κ2) is 7.62. The van der Waals surface area contributed by atoms with Gasteiger partial charge in [0.25, 0.3) is 0 Å². The topological polar surface area (TPSA) is 44.7 Å². The van der Waals surface area contributed by atoms with Crippen molar-refractivity contribution in [3.8, 4) is 0 Å². The smallest absolute Gasteiger partial charge is 0.0980 e. The monoisotopic (exact) mass is 278 g/mol. The van der Waals surface area contributed by atoms with Gasteiger partial charge in [-0.05, 0) is 31.5 Å². The van der Waals surface area contributed by atoms with Gasteiger partial charge in [-0.25, -0.2) is 0 Å². The van der Waals surface area contributed by atoms with Gasteiger partial charge in [-0.15, -0.1) is 0 Å². The molecule has 2 N–H and O–H groups in total. The predicted molar refractivity (Wildman–Crippen MR) is 82.2 cm³/mol. The van der Waals surface area contributed by atoms with Crippen LogP contribution in [0.25, 0.3) is 0 Å². The molecule has 2 rings (SSSR count). The normalized spacial score (nSPS) is 20.9. The first kappa shape index (κ1) is 15.3. The van der Waals surface area contributed by atoms with Crippen LogP contribution < -0.4 is 10.2 Å². The Kier molecular flexibility index (Phi) is 5.83. The lowest BCUT2D eigenvalue weighted by Gasteiger charge is -2.35. The van der Waals surface area contributed by atoms with Gasteiger partial charge in [0.1, 0.15) is 0 Å². The van der Waals surface area contributed by atoms with Crippen LogP contribution in [0.1, 0.15) is 31.9 Å². The summed E-state index contributed by atoms with van der Waals surface area (Å²) < 4.78 is 5.54. The summed E-state index contributed by atoms with van der Waals surface area (Å²) in [6.07, 6.45) is 1.06. The number of aliphatic hydroxyl groups excluding tert-OH is 1. The number of para-hydroxylation sites is 1. The van der Waals surface area contributed by atoms with E-state index >= 15 is 0 Å². The molecule has 20 heavy (non-hydrogen) atoms. The highest BCUT2D eigenvalue weighted by atomic mass is 16.5. The van der Waals surface area contributed by atoms with E-state index in [9.17, 15) is 5.11 Å². The first-order valence-corrected chi connectivity index (χ1v) is 7.56. The molecule has 112 valence electrons. The van der Waals surface area contributed by atoms with Crippen LogP contribution in [0.5, 0.6) is 0 Å². The van der Waals surface area contributed by atoms with Crippen molar-refractivity contribution in [2.45, 2.75) is 32.4 Å². The second-order valence-corrected chi connectivity index (χ2v) is 5.36. The van der Waals surface area contributed by atoms with Gasteiger partial charge < -0.3 is 20.1 Å². The zero-order valence-corrected chi connectivity index (χ0v) is 12.5. The summed E-state index contributed by atoms with van der Waals surface area (Å²) in [7, 11) is 0. The first-order valence-electron chi connectivity index (χ1n) is 7.56. The van der Waals surface area contributed by atoms with Crippen molar-refractivity contribution in [3.05, 3.63) is 29.8 Å². The number of anilines is 1. The molecule has 2 atom stereocenters. The molecule has 2 unspecified atom stereocenters. The van der Waals surface area contributed by atoms with Crippen LogP contribution in [-0.2, 0) is 4.74 Å². The average molecular weight is 278 g/mol. The fraction of sp³-hybridized carbons (Fsp3) is 0.625. The van der Waals surface area contributed by atoms with Crippen molar-refractivity contribution in [1.82, 2.24) is 5.32 Å². The summed E-state index contributed by atoms with van der Waals surface area (Å²) in [6.45, 7) is 7.82. The average Bonchev–Trinajstić information content (AvgIpc) is 2.52. The molecule has 0 bridgehead atoms. The number of morpholine rings is 1. The van der Waals surface area contributed by atoms with Crippen LogP contribution in [-0.4, -0.2) is 44.1 Å². The molecule has 1 aromatic carbocycles. The fourth-order valence-electron chi connectivity index (χ4n) is 2.66. The Bertz CT molecular complexity index is 411. The second-order valence-electron chi connectivity index (χ2n) is 5.36. The van der Waals surface area contributed by atoms with Crippen molar-refractivity contribution in [3.63, 3.8) is 0 Å². The number of nitrogens with zero attached hydrogens (tertiary/aromatic N) is 1. The Labute approximate surface area is 121 Å². The molecule has 1 fully saturated rings. The van der Waals surface area contributed by atoms with E-state index in [2.05, 4.69) is 48.3 Å². The van der Waals surface area contributed by atoms with Crippen LogP contribution in [0.2, 0.25) is 0 Å². The summed E-state index contributed by atoms with van der Waals surface area (Å²) in [4.78, 5) is 2.32. The van der Waals surface area contributed by atoms with Crippen molar-refractivity contribution in [2.75, 3.05) is 37.7 Å². The number of nitrogens with one attached hydrogen (secondary N) is 1. The number of hydrogen-bond acceptors (Lipinski definition) is 4. The third kappa shape index (κ3) is 3.72. The molecule has 0 radical (unpaired) electrons. The quantitative estimate of drug-likeness (QED) is 0.835. The Morgan fingerprint density at radius 2 is 2.25 bits per heavy atom. The van der Waals surface area contributed by atoms with Crippen LogP contribution >= 0.6 is 0 Å². The maximum absolute atomic E-state index is 9.29. The van der Waals surface area contributed by atoms with Crippen molar-refractivity contribution in [1.29, 1.82) is 0 Å². The SMILES string of the molecule is CCCNC(C)c1ccccc1N1CCOC(CO)C1. The first-order chi connectivity index (χ1) is 9.76. The minimum absolute atomic E-state index is 0.0734. The summed E-state index contributed by atoms with van der Waals surface area (Å²) in [5, 5.41) is 12.8. The minimum Gasteiger partial charge on any atom is -0.394 e. The molecule has 0 aliphatic carbocycles. The van der Waals surface area contributed by atoms with E-state index in [1.54, 1.807) is 0 Å². The van der Waals surface area contributed by atoms with E-state index in [1.807, 2.05) is 0 Å². The van der Waals surface area contributed by atoms with Crippen LogP contribution in [0.15, 0.2) is 24.3 Å². The standard InChI is InChI=1S/C16H26N2O2/c1-3-8-17-13(2)15-6-4-5-7-16(15)18-9-10-20-14(11-18)12-19/h4-7,13-14,17,19H,3,8-12H2,1-2H3. The van der Waals surface area contributed by atoms with E-state index < -0.39 is 0 Å². The maximum Gasteiger partial charge on any atom is 0.0980 e. The highest BCUT2D eigenvalue weighted by Crippen LogP contribution is 2.27. The van der Waals surface area contributed by atoms with Crippen LogP contribution in [0.4, 0.5) is 5.69 Å². The van der Waals surface area contributed by atoms with Crippen molar-refractivity contribution >= 4 is 5.69 Å². The van der Waals surface area contributed by atoms with Gasteiger partial charge in [0.2, 0.25) is 0 Å². The van der Waals surface area contributed by atoms with E-state index in [1.165, 1.54) is 11.3 Å². The summed E-state index contributed by atoms with van der Waals surface area (Å²) in [5.74, 6) is 0. The van der Waals surface area contributed by atoms with E-state index in [4.69, 9.17) is 4.74 Å². The largest absolute Gasteiger partial charge is 0.394 e. The Morgan fingerprint density at radius 3 is 3.00 bits per heavy atom. The molecular weight excluding hydrogens is 252 g/mol. The minimum atomic E-state index is -0.0734. The number of aliphatic hydroxyl groups is 1. The van der Waals surface area contributed by atoms with Gasteiger partial charge >= 0.3 is 0 Å². The molecule has 1 aliphatic heterocycles. The Hall–Kier alpha value is -1.10. The van der Waals surface area contributed by atoms with Gasteiger partial charge in [-0.3, -0.25) is 0 Å². The lowest BCUT2D eigenvalue weighted by molar-refractivity contribution is 0.00351. The highest BCUT2D eigenvalue weighted by molar-refractivity contribution is 5.55. The van der Waals surface area contributed by atoms with Crippen LogP contribution in [0.3, 0.4) is 0 Å². The van der Waals surface area contributed by atoms with Crippen molar-refractivity contribution < 1.29 is 9.84 Å². The van der Waals surface area contributed by atoms with Gasteiger partial charge in [0.05, 0.1) is 19.3 Å². The fourth-order valence-corrected chi connectivity index (χ4v) is 2.66. The van der Waals surface area contributed by atoms with Crippen LogP contribution in [0, 0.1) is 0 Å². The predicted octanol–water partition coefficient (Wildman–Crippen LogP) is 1.94. The Morgan fingerprint density at radius 1 is 1.45 bits per heavy atom. The van der Waals surface area contributed by atoms with Gasteiger partial charge in [0.15, 0.2) is 0 Å². The summed E-state index contributed by atoms with van der Waals surface area (Å²) in [6, 6.07) is 8.86. The molecule has 1 aromatic rings. The highest BCUT2D eigenvalue weighted by Gasteiger charge is 2.22. The van der Waals surface area contributed by atoms with E-state index in [0.717, 1.165) is 26.1 Å². The molecule has 0 amide bonds. The molecule has 0 aromatic heterocycles. The third-order valence-corrected chi connectivity index (χ3v) is 3.79. The lowest BCUT2D eigenvalue weighted by atomic mass is 10.0. The molecule has 0 saturated carbocycles. The van der Waals surface area contributed by atoms with Gasteiger partial charge in [0, 0.05) is 24.8 Å². The number of ether oxygens (including phenoxy) is 1. The van der Waals surface area contributed by atoms with Gasteiger partial charge in [-0.2, -0.15) is 0 Å². The number of benzene rings is 1. The maximum atomic E-state index is 9.29. The zero-order valence-electron chi connectivity index (χ0n) is 12.5. The third-order valence-electron chi connectivity index (χ3n) is 3.79. The molecule has 1 aliphatic rings. The molecule has 4 heteroatoms. The van der Waals surface area contributed by atoms with Gasteiger partial charge in [-0.1, -0.05) is 25.1 Å². The zero-order chi connectivity index (χ0) is 14.4. The number of rotatable bonds is 6. The van der Waals surface area contributed by atoms with E-state index in [-0.39, 0.29) is 12.7 Å². The van der Waals surface area contributed by atoms with E-state index in [0.29, 0.717) is 12.6 Å². The molecule has 1 saturated heterocycles. The summed E-state index contributed by atoms with van der Waals surface area (Å²) >= 11 is 0. The molecule has 0 spiro atoms. The number of hydrogen-bond donors (Lipinski definition) is 2. The molecule has 4 nitrogen and oxygen atoms in total. The van der Waals surface area contributed by atoms with Crippen molar-refractivity contribution in [2.24, 2.45) is 0 Å². The Balaban J connectivity index is 2.14. The lowest BCUT2D eigenvalue weighted by Crippen LogP contribution is -2.44. The summed E-state index contributed by atoms with van der Waals surface area (Å²) in [5.41, 5.74) is 2.57. The molecule has 1 heterocycles.